The van der Waals surface area contributed by atoms with Crippen LogP contribution in [0.25, 0.3) is 0 Å². The molecule has 0 aliphatic heterocycles. The van der Waals surface area contributed by atoms with E-state index in [1.54, 1.807) is 13.8 Å². The quantitative estimate of drug-likeness (QED) is 0.299. The number of carbonyl (C=O) groups is 1. The van der Waals surface area contributed by atoms with Gasteiger partial charge in [0, 0.05) is 0 Å². The lowest BCUT2D eigenvalue weighted by Crippen LogP contribution is -2.10. The Bertz CT molecular complexity index is 187. The summed E-state index contributed by atoms with van der Waals surface area (Å²) in [7, 11) is 0. The highest BCUT2D eigenvalue weighted by atomic mass is 35.5. The Morgan fingerprint density at radius 2 is 2.15 bits per heavy atom. The number of alkyl halides is 1. The van der Waals surface area contributed by atoms with Gasteiger partial charge in [-0.05, 0) is 20.8 Å². The lowest BCUT2D eigenvalue weighted by Gasteiger charge is -2.07. The van der Waals surface area contributed by atoms with Crippen molar-refractivity contribution in [2.45, 2.75) is 26.9 Å². The van der Waals surface area contributed by atoms with Crippen molar-refractivity contribution in [1.29, 1.82) is 0 Å². The maximum absolute atomic E-state index is 11.1. The minimum Gasteiger partial charge on any atom is -0.497 e. The first-order valence-electron chi connectivity index (χ1n) is 4.20. The molecule has 0 aromatic rings. The van der Waals surface area contributed by atoms with Crippen molar-refractivity contribution in [2.24, 2.45) is 0 Å². The van der Waals surface area contributed by atoms with Crippen LogP contribution in [0.2, 0.25) is 0 Å². The van der Waals surface area contributed by atoms with Gasteiger partial charge in [-0.25, -0.2) is 4.79 Å². The van der Waals surface area contributed by atoms with Crippen LogP contribution < -0.4 is 0 Å². The first-order chi connectivity index (χ1) is 6.10. The fourth-order valence-electron chi connectivity index (χ4n) is 0.702. The molecular formula is C9H15ClO3. The lowest BCUT2D eigenvalue weighted by molar-refractivity contribution is -0.141. The van der Waals surface area contributed by atoms with Crippen molar-refractivity contribution in [1.82, 2.24) is 0 Å². The van der Waals surface area contributed by atoms with Gasteiger partial charge in [-0.2, -0.15) is 0 Å². The van der Waals surface area contributed by atoms with E-state index in [0.717, 1.165) is 0 Å². The predicted octanol–water partition coefficient (Wildman–Crippen LogP) is 2.10. The molecule has 0 saturated carbocycles. The van der Waals surface area contributed by atoms with Gasteiger partial charge in [0.25, 0.3) is 0 Å². The van der Waals surface area contributed by atoms with Crippen LogP contribution in [0, 0.1) is 0 Å². The Kier molecular flexibility index (Phi) is 6.41. The SMILES string of the molecule is CCO/C(=C/C(=O)OC(C)C)CCl. The first-order valence-corrected chi connectivity index (χ1v) is 4.73. The molecule has 0 N–H and O–H groups in total. The number of esters is 1. The average Bonchev–Trinajstić information content (AvgIpc) is 2.02. The third kappa shape index (κ3) is 6.46. The van der Waals surface area contributed by atoms with Crippen molar-refractivity contribution in [3.05, 3.63) is 11.8 Å². The zero-order chi connectivity index (χ0) is 10.3. The Hall–Kier alpha value is -0.700. The summed E-state index contributed by atoms with van der Waals surface area (Å²) in [6, 6.07) is 0. The Morgan fingerprint density at radius 1 is 1.54 bits per heavy atom. The van der Waals surface area contributed by atoms with E-state index >= 15 is 0 Å². The summed E-state index contributed by atoms with van der Waals surface area (Å²) in [5, 5.41) is 0. The molecule has 0 aliphatic rings. The van der Waals surface area contributed by atoms with Gasteiger partial charge >= 0.3 is 5.97 Å². The normalized spacial score (nSPS) is 11.6. The van der Waals surface area contributed by atoms with Crippen LogP contribution in [-0.4, -0.2) is 24.6 Å². The van der Waals surface area contributed by atoms with Crippen LogP contribution in [0.4, 0.5) is 0 Å². The van der Waals surface area contributed by atoms with Crippen molar-refractivity contribution in [2.75, 3.05) is 12.5 Å². The highest BCUT2D eigenvalue weighted by Gasteiger charge is 2.04. The molecule has 3 nitrogen and oxygen atoms in total. The minimum absolute atomic E-state index is 0.123. The summed E-state index contributed by atoms with van der Waals surface area (Å²) in [5.41, 5.74) is 0. The fraction of sp³-hybridized carbons (Fsp3) is 0.667. The van der Waals surface area contributed by atoms with Crippen LogP contribution in [0.3, 0.4) is 0 Å². The van der Waals surface area contributed by atoms with Gasteiger partial charge in [0.15, 0.2) is 0 Å². The van der Waals surface area contributed by atoms with Gasteiger partial charge in [-0.15, -0.1) is 11.6 Å². The number of allylic oxidation sites excluding steroid dienone is 1. The smallest absolute Gasteiger partial charge is 0.334 e. The van der Waals surface area contributed by atoms with Crippen LogP contribution >= 0.6 is 11.6 Å². The minimum atomic E-state index is -0.417. The zero-order valence-electron chi connectivity index (χ0n) is 8.17. The van der Waals surface area contributed by atoms with Crippen molar-refractivity contribution in [3.8, 4) is 0 Å². The van der Waals surface area contributed by atoms with Gasteiger partial charge in [-0.1, -0.05) is 0 Å². The molecule has 76 valence electrons. The third-order valence-corrected chi connectivity index (χ3v) is 1.36. The lowest BCUT2D eigenvalue weighted by atomic mass is 10.4. The number of hydrogen-bond donors (Lipinski definition) is 0. The molecule has 0 rings (SSSR count). The molecular weight excluding hydrogens is 192 g/mol. The molecule has 0 amide bonds. The Balaban J connectivity index is 4.08. The molecule has 0 saturated heterocycles. The number of halogens is 1. The van der Waals surface area contributed by atoms with Gasteiger partial charge in [0.1, 0.15) is 5.76 Å². The van der Waals surface area contributed by atoms with E-state index < -0.39 is 5.97 Å². The second-order valence-electron chi connectivity index (χ2n) is 2.66. The van der Waals surface area contributed by atoms with Crippen LogP contribution in [0.1, 0.15) is 20.8 Å². The summed E-state index contributed by atoms with van der Waals surface area (Å²) in [5.74, 6) is 0.204. The van der Waals surface area contributed by atoms with Gasteiger partial charge in [0.05, 0.1) is 24.7 Å². The van der Waals surface area contributed by atoms with E-state index in [1.807, 2.05) is 6.92 Å². The van der Waals surface area contributed by atoms with Gasteiger partial charge in [0.2, 0.25) is 0 Å². The Labute approximate surface area is 83.7 Å². The van der Waals surface area contributed by atoms with Crippen LogP contribution in [-0.2, 0) is 14.3 Å². The zero-order valence-corrected chi connectivity index (χ0v) is 8.93. The number of carbonyl (C=O) groups excluding carboxylic acids is 1. The first kappa shape index (κ1) is 12.3. The molecule has 0 aromatic carbocycles. The molecule has 0 spiro atoms. The molecule has 0 aliphatic carbocycles. The standard InChI is InChI=1S/C9H15ClO3/c1-4-12-8(6-10)5-9(11)13-7(2)3/h5,7H,4,6H2,1-3H3/b8-5+. The highest BCUT2D eigenvalue weighted by molar-refractivity contribution is 6.19. The molecule has 0 aromatic heterocycles. The summed E-state index contributed by atoms with van der Waals surface area (Å²) in [6.07, 6.45) is 1.15. The molecule has 0 bridgehead atoms. The molecule has 0 radical (unpaired) electrons. The van der Waals surface area contributed by atoms with Crippen LogP contribution in [0.5, 0.6) is 0 Å². The summed E-state index contributed by atoms with van der Waals surface area (Å²) in [4.78, 5) is 11.1. The molecule has 4 heteroatoms. The summed E-state index contributed by atoms with van der Waals surface area (Å²) >= 11 is 5.53. The highest BCUT2D eigenvalue weighted by Crippen LogP contribution is 2.01. The second kappa shape index (κ2) is 6.78. The van der Waals surface area contributed by atoms with E-state index in [-0.39, 0.29) is 12.0 Å². The van der Waals surface area contributed by atoms with E-state index in [1.165, 1.54) is 6.08 Å². The van der Waals surface area contributed by atoms with Gasteiger partial charge in [-0.3, -0.25) is 0 Å². The summed E-state index contributed by atoms with van der Waals surface area (Å²) < 4.78 is 9.95. The van der Waals surface area contributed by atoms with Crippen molar-refractivity contribution in [3.63, 3.8) is 0 Å². The molecule has 0 unspecified atom stereocenters. The Morgan fingerprint density at radius 3 is 2.54 bits per heavy atom. The monoisotopic (exact) mass is 206 g/mol. The number of rotatable bonds is 5. The van der Waals surface area contributed by atoms with Gasteiger partial charge < -0.3 is 9.47 Å². The van der Waals surface area contributed by atoms with E-state index in [0.29, 0.717) is 12.4 Å². The molecule has 0 atom stereocenters. The van der Waals surface area contributed by atoms with Crippen molar-refractivity contribution >= 4 is 17.6 Å². The average molecular weight is 207 g/mol. The largest absolute Gasteiger partial charge is 0.497 e. The molecule has 0 heterocycles. The fourth-order valence-corrected chi connectivity index (χ4v) is 0.856. The number of hydrogen-bond acceptors (Lipinski definition) is 3. The summed E-state index contributed by atoms with van der Waals surface area (Å²) in [6.45, 7) is 5.89. The topological polar surface area (TPSA) is 35.5 Å². The van der Waals surface area contributed by atoms with E-state index in [2.05, 4.69) is 0 Å². The maximum atomic E-state index is 11.1. The maximum Gasteiger partial charge on any atom is 0.334 e. The van der Waals surface area contributed by atoms with E-state index in [9.17, 15) is 4.79 Å². The predicted molar refractivity (Wildman–Crippen MR) is 51.7 cm³/mol. The second-order valence-corrected chi connectivity index (χ2v) is 2.93. The van der Waals surface area contributed by atoms with E-state index in [4.69, 9.17) is 21.1 Å². The number of ether oxygens (including phenoxy) is 2. The third-order valence-electron chi connectivity index (χ3n) is 1.09. The molecule has 13 heavy (non-hydrogen) atoms. The van der Waals surface area contributed by atoms with Crippen LogP contribution in [0.15, 0.2) is 11.8 Å². The van der Waals surface area contributed by atoms with Crippen molar-refractivity contribution < 1.29 is 14.3 Å². The molecule has 0 fully saturated rings.